The standard InChI is InChI=1S/Ca.2NO3.6H2O/c;2*2-1(3)4;;;;;;/h;;;6*1H2/q+2;2*-1;;;;;;. The normalized spacial score (nSPS) is 3.20. The Kier molecular flexibility index (Phi) is 415. The van der Waals surface area contributed by atoms with Crippen LogP contribution in [-0.2, 0) is 0 Å². The van der Waals surface area contributed by atoms with Crippen LogP contribution < -0.4 is 0 Å². The molecule has 0 aromatic rings. The van der Waals surface area contributed by atoms with Crippen molar-refractivity contribution >= 4 is 37.7 Å². The zero-order valence-corrected chi connectivity index (χ0v) is 9.26. The summed E-state index contributed by atoms with van der Waals surface area (Å²) in [5.74, 6) is 0. The van der Waals surface area contributed by atoms with Crippen molar-refractivity contribution < 1.29 is 43.0 Å². The fourth-order valence-corrected chi connectivity index (χ4v) is 0. The molecule has 0 aromatic heterocycles. The number of rotatable bonds is 0. The maximum absolute atomic E-state index is 8.25. The van der Waals surface area contributed by atoms with Gasteiger partial charge >= 0.3 is 37.7 Å². The molecule has 15 heavy (non-hydrogen) atoms. The van der Waals surface area contributed by atoms with Crippen molar-refractivity contribution in [3.05, 3.63) is 30.6 Å². The van der Waals surface area contributed by atoms with Gasteiger partial charge in [0.2, 0.25) is 0 Å². The number of hydrogen-bond donors (Lipinski definition) is 0. The molecule has 0 bridgehead atoms. The molecule has 0 amide bonds. The van der Waals surface area contributed by atoms with Crippen LogP contribution in [0.1, 0.15) is 0 Å². The van der Waals surface area contributed by atoms with Gasteiger partial charge in [0.15, 0.2) is 0 Å². The zero-order chi connectivity index (χ0) is 7.15. The van der Waals surface area contributed by atoms with Crippen LogP contribution in [0.3, 0.4) is 0 Å². The van der Waals surface area contributed by atoms with Crippen LogP contribution in [0.15, 0.2) is 0 Å². The molecule has 0 radical (unpaired) electrons. The average molecular weight is 272 g/mol. The van der Waals surface area contributed by atoms with E-state index in [0.29, 0.717) is 0 Å². The second-order valence-electron chi connectivity index (χ2n) is 0.447. The Morgan fingerprint density at radius 3 is 0.533 bits per heavy atom. The van der Waals surface area contributed by atoms with E-state index in [9.17, 15) is 0 Å². The molecule has 14 nitrogen and oxygen atoms in total. The summed E-state index contributed by atoms with van der Waals surface area (Å²) in [5.41, 5.74) is 0. The Morgan fingerprint density at radius 1 is 0.533 bits per heavy atom. The summed E-state index contributed by atoms with van der Waals surface area (Å²) in [6.45, 7) is 0. The van der Waals surface area contributed by atoms with Crippen molar-refractivity contribution in [2.24, 2.45) is 0 Å². The molecule has 0 spiro atoms. The van der Waals surface area contributed by atoms with Gasteiger partial charge in [-0.1, -0.05) is 0 Å². The van der Waals surface area contributed by atoms with Gasteiger partial charge in [-0.25, -0.2) is 0 Å². The minimum Gasteiger partial charge on any atom is -0.412 e. The molecule has 0 saturated heterocycles. The summed E-state index contributed by atoms with van der Waals surface area (Å²) in [6, 6.07) is 0. The van der Waals surface area contributed by atoms with Crippen LogP contribution in [0.4, 0.5) is 0 Å². The molecular weight excluding hydrogens is 260 g/mol. The SMILES string of the molecule is O.O.O.O.O.O.O=[N+]([O-])[O-].O=[N+]([O-])[O-].[Ca+2]. The minimum atomic E-state index is -1.75. The molecule has 0 rings (SSSR count). The Morgan fingerprint density at radius 2 is 0.533 bits per heavy atom. The van der Waals surface area contributed by atoms with Gasteiger partial charge in [0.1, 0.15) is 0 Å². The van der Waals surface area contributed by atoms with Crippen molar-refractivity contribution in [2.45, 2.75) is 0 Å². The summed E-state index contributed by atoms with van der Waals surface area (Å²) < 4.78 is 0. The third-order valence-electron chi connectivity index (χ3n) is 0. The maximum atomic E-state index is 8.25. The largest absolute Gasteiger partial charge is 2.00 e. The van der Waals surface area contributed by atoms with Crippen molar-refractivity contribution in [3.63, 3.8) is 0 Å². The van der Waals surface area contributed by atoms with Crippen LogP contribution >= 0.6 is 0 Å². The first-order chi connectivity index (χ1) is 3.46. The van der Waals surface area contributed by atoms with E-state index in [1.165, 1.54) is 0 Å². The maximum Gasteiger partial charge on any atom is 2.00 e. The van der Waals surface area contributed by atoms with Crippen LogP contribution in [0, 0.1) is 30.6 Å². The predicted octanol–water partition coefficient (Wildman–Crippen LogP) is -5.81. The summed E-state index contributed by atoms with van der Waals surface area (Å²) >= 11 is 0. The average Bonchev–Trinajstić information content (AvgIpc) is 1.25. The van der Waals surface area contributed by atoms with Gasteiger partial charge < -0.3 is 63.5 Å². The molecule has 0 saturated carbocycles. The van der Waals surface area contributed by atoms with Crippen LogP contribution in [-0.4, -0.2) is 80.8 Å². The second-order valence-corrected chi connectivity index (χ2v) is 0.447. The molecule has 96 valence electrons. The molecule has 0 atom stereocenters. The van der Waals surface area contributed by atoms with Gasteiger partial charge in [-0.3, -0.25) is 0 Å². The van der Waals surface area contributed by atoms with Crippen LogP contribution in [0.2, 0.25) is 0 Å². The predicted molar refractivity (Wildman–Crippen MR) is 48.2 cm³/mol. The fourth-order valence-electron chi connectivity index (χ4n) is 0. The van der Waals surface area contributed by atoms with E-state index in [2.05, 4.69) is 0 Å². The van der Waals surface area contributed by atoms with Crippen molar-refractivity contribution in [1.82, 2.24) is 0 Å². The monoisotopic (exact) mass is 272 g/mol. The van der Waals surface area contributed by atoms with E-state index in [0.717, 1.165) is 0 Å². The first kappa shape index (κ1) is 88.4. The minimum absolute atomic E-state index is 0. The molecule has 0 heterocycles. The fraction of sp³-hybridized carbons (Fsp3) is 0. The van der Waals surface area contributed by atoms with Crippen LogP contribution in [0.25, 0.3) is 0 Å². The number of hydrogen-bond acceptors (Lipinski definition) is 6. The zero-order valence-electron chi connectivity index (χ0n) is 7.05. The molecular formula is H12CaN2O12. The van der Waals surface area contributed by atoms with Crippen LogP contribution in [0.5, 0.6) is 0 Å². The van der Waals surface area contributed by atoms with E-state index < -0.39 is 10.2 Å². The summed E-state index contributed by atoms with van der Waals surface area (Å²) in [7, 11) is 0. The van der Waals surface area contributed by atoms with E-state index in [1.54, 1.807) is 0 Å². The second kappa shape index (κ2) is 70.5. The Labute approximate surface area is 111 Å². The molecule has 0 aliphatic heterocycles. The van der Waals surface area contributed by atoms with Gasteiger partial charge in [0, 0.05) is 0 Å². The molecule has 0 aromatic carbocycles. The molecule has 0 aliphatic carbocycles. The summed E-state index contributed by atoms with van der Waals surface area (Å²) in [6.07, 6.45) is 0. The third kappa shape index (κ3) is 5200. The Balaban J connectivity index is -0.00000000468. The van der Waals surface area contributed by atoms with E-state index >= 15 is 0 Å². The third-order valence-corrected chi connectivity index (χ3v) is 0. The molecule has 12 N–H and O–H groups in total. The molecule has 0 unspecified atom stereocenters. The van der Waals surface area contributed by atoms with Gasteiger partial charge in [-0.15, -0.1) is 0 Å². The Hall–Kier alpha value is -0.580. The van der Waals surface area contributed by atoms with Crippen molar-refractivity contribution in [2.75, 3.05) is 0 Å². The van der Waals surface area contributed by atoms with E-state index in [1.807, 2.05) is 0 Å². The quantitative estimate of drug-likeness (QED) is 0.234. The van der Waals surface area contributed by atoms with Gasteiger partial charge in [0.05, 0.1) is 10.2 Å². The van der Waals surface area contributed by atoms with Crippen molar-refractivity contribution in [3.8, 4) is 0 Å². The summed E-state index contributed by atoms with van der Waals surface area (Å²) in [4.78, 5) is 16.5. The summed E-state index contributed by atoms with van der Waals surface area (Å²) in [5, 5.41) is 29.5. The van der Waals surface area contributed by atoms with E-state index in [-0.39, 0.29) is 70.6 Å². The van der Waals surface area contributed by atoms with E-state index in [4.69, 9.17) is 30.6 Å². The number of nitrogens with zero attached hydrogens (tertiary/aromatic N) is 2. The first-order valence-corrected chi connectivity index (χ1v) is 1.10. The van der Waals surface area contributed by atoms with Crippen molar-refractivity contribution in [1.29, 1.82) is 0 Å². The first-order valence-electron chi connectivity index (χ1n) is 1.10. The smallest absolute Gasteiger partial charge is 0.412 e. The van der Waals surface area contributed by atoms with Gasteiger partial charge in [-0.2, -0.15) is 0 Å². The van der Waals surface area contributed by atoms with Gasteiger partial charge in [-0.05, 0) is 0 Å². The molecule has 15 heteroatoms. The Bertz CT molecular complexity index is 71.6. The molecule has 0 fully saturated rings. The molecule has 0 aliphatic rings. The van der Waals surface area contributed by atoms with Gasteiger partial charge in [0.25, 0.3) is 0 Å². The topological polar surface area (TPSA) is 321 Å².